The van der Waals surface area contributed by atoms with Crippen LogP contribution in [0.2, 0.25) is 0 Å². The highest BCUT2D eigenvalue weighted by atomic mass is 16.2. The second-order valence-electron chi connectivity index (χ2n) is 4.90. The monoisotopic (exact) mass is 256 g/mol. The van der Waals surface area contributed by atoms with Gasteiger partial charge in [0.2, 0.25) is 5.91 Å². The summed E-state index contributed by atoms with van der Waals surface area (Å²) in [6.45, 7) is 1.51. The summed E-state index contributed by atoms with van der Waals surface area (Å²) in [4.78, 5) is 13.0. The SMILES string of the molecule is CN(C)C(=O)CCNCc1ccc2ccccc2c1. The van der Waals surface area contributed by atoms with Crippen molar-refractivity contribution in [1.82, 2.24) is 10.2 Å². The van der Waals surface area contributed by atoms with Crippen LogP contribution in [0.5, 0.6) is 0 Å². The van der Waals surface area contributed by atoms with Crippen molar-refractivity contribution in [2.45, 2.75) is 13.0 Å². The number of carbonyl (C=O) groups is 1. The minimum Gasteiger partial charge on any atom is -0.349 e. The fraction of sp³-hybridized carbons (Fsp3) is 0.312. The molecule has 0 heterocycles. The highest BCUT2D eigenvalue weighted by molar-refractivity contribution is 5.83. The zero-order valence-electron chi connectivity index (χ0n) is 11.5. The van der Waals surface area contributed by atoms with Crippen LogP contribution in [-0.2, 0) is 11.3 Å². The van der Waals surface area contributed by atoms with Crippen molar-refractivity contribution in [3.05, 3.63) is 48.0 Å². The van der Waals surface area contributed by atoms with Crippen LogP contribution in [0, 0.1) is 0 Å². The van der Waals surface area contributed by atoms with Gasteiger partial charge in [-0.1, -0.05) is 36.4 Å². The van der Waals surface area contributed by atoms with Crippen molar-refractivity contribution in [2.75, 3.05) is 20.6 Å². The van der Waals surface area contributed by atoms with Gasteiger partial charge in [0, 0.05) is 33.6 Å². The summed E-state index contributed by atoms with van der Waals surface area (Å²) >= 11 is 0. The summed E-state index contributed by atoms with van der Waals surface area (Å²) in [5.41, 5.74) is 1.25. The molecule has 0 saturated heterocycles. The third kappa shape index (κ3) is 3.80. The molecule has 0 saturated carbocycles. The van der Waals surface area contributed by atoms with Gasteiger partial charge in [-0.15, -0.1) is 0 Å². The van der Waals surface area contributed by atoms with Crippen LogP contribution in [0.4, 0.5) is 0 Å². The lowest BCUT2D eigenvalue weighted by Gasteiger charge is -2.10. The van der Waals surface area contributed by atoms with E-state index in [0.717, 1.165) is 6.54 Å². The number of amides is 1. The molecule has 0 aliphatic carbocycles. The molecule has 0 aliphatic rings. The first-order valence-corrected chi connectivity index (χ1v) is 6.55. The topological polar surface area (TPSA) is 32.3 Å². The van der Waals surface area contributed by atoms with Gasteiger partial charge >= 0.3 is 0 Å². The van der Waals surface area contributed by atoms with Gasteiger partial charge in [0.05, 0.1) is 0 Å². The number of benzene rings is 2. The van der Waals surface area contributed by atoms with Crippen LogP contribution in [0.15, 0.2) is 42.5 Å². The molecule has 2 aromatic rings. The van der Waals surface area contributed by atoms with E-state index >= 15 is 0 Å². The standard InChI is InChI=1S/C16H20N2O/c1-18(2)16(19)9-10-17-12-13-7-8-14-5-3-4-6-15(14)11-13/h3-8,11,17H,9-10,12H2,1-2H3. The third-order valence-electron chi connectivity index (χ3n) is 3.16. The van der Waals surface area contributed by atoms with Gasteiger partial charge in [-0.3, -0.25) is 4.79 Å². The zero-order chi connectivity index (χ0) is 13.7. The number of rotatable bonds is 5. The van der Waals surface area contributed by atoms with Crippen molar-refractivity contribution in [2.24, 2.45) is 0 Å². The Kier molecular flexibility index (Phi) is 4.53. The quantitative estimate of drug-likeness (QED) is 0.833. The van der Waals surface area contributed by atoms with Crippen molar-refractivity contribution >= 4 is 16.7 Å². The lowest BCUT2D eigenvalue weighted by Crippen LogP contribution is -2.26. The number of nitrogens with one attached hydrogen (secondary N) is 1. The molecule has 0 unspecified atom stereocenters. The molecule has 0 fully saturated rings. The fourth-order valence-corrected chi connectivity index (χ4v) is 2.00. The normalized spacial score (nSPS) is 10.6. The minimum absolute atomic E-state index is 0.158. The highest BCUT2D eigenvalue weighted by Crippen LogP contribution is 2.15. The van der Waals surface area contributed by atoms with E-state index in [9.17, 15) is 4.79 Å². The first-order valence-electron chi connectivity index (χ1n) is 6.55. The summed E-state index contributed by atoms with van der Waals surface area (Å²) in [6.07, 6.45) is 0.542. The molecule has 0 aromatic heterocycles. The average molecular weight is 256 g/mol. The van der Waals surface area contributed by atoms with Gasteiger partial charge < -0.3 is 10.2 Å². The van der Waals surface area contributed by atoms with E-state index in [1.165, 1.54) is 16.3 Å². The molecule has 19 heavy (non-hydrogen) atoms. The molecule has 3 nitrogen and oxygen atoms in total. The molecule has 3 heteroatoms. The van der Waals surface area contributed by atoms with Crippen molar-refractivity contribution in [3.8, 4) is 0 Å². The molecule has 100 valence electrons. The van der Waals surface area contributed by atoms with Crippen LogP contribution < -0.4 is 5.32 Å². The summed E-state index contributed by atoms with van der Waals surface area (Å²) in [7, 11) is 3.57. The van der Waals surface area contributed by atoms with Gasteiger partial charge in [-0.05, 0) is 22.4 Å². The Morgan fingerprint density at radius 1 is 1.11 bits per heavy atom. The largest absolute Gasteiger partial charge is 0.349 e. The number of hydrogen-bond acceptors (Lipinski definition) is 2. The van der Waals surface area contributed by atoms with Crippen LogP contribution in [0.1, 0.15) is 12.0 Å². The van der Waals surface area contributed by atoms with Gasteiger partial charge in [-0.2, -0.15) is 0 Å². The Morgan fingerprint density at radius 2 is 1.84 bits per heavy atom. The number of carbonyl (C=O) groups excluding carboxylic acids is 1. The molecule has 2 rings (SSSR count). The molecular weight excluding hydrogens is 236 g/mol. The van der Waals surface area contributed by atoms with Crippen molar-refractivity contribution in [3.63, 3.8) is 0 Å². The first-order chi connectivity index (χ1) is 9.16. The maximum atomic E-state index is 11.4. The van der Waals surface area contributed by atoms with E-state index in [2.05, 4.69) is 41.7 Å². The first kappa shape index (κ1) is 13.6. The Bertz CT molecular complexity index is 563. The second-order valence-corrected chi connectivity index (χ2v) is 4.90. The van der Waals surface area contributed by atoms with Crippen molar-refractivity contribution < 1.29 is 4.79 Å². The Labute approximate surface area is 114 Å². The van der Waals surface area contributed by atoms with E-state index in [1.807, 2.05) is 6.07 Å². The summed E-state index contributed by atoms with van der Waals surface area (Å²) in [5.74, 6) is 0.158. The van der Waals surface area contributed by atoms with Crippen LogP contribution >= 0.6 is 0 Å². The van der Waals surface area contributed by atoms with Gasteiger partial charge in [0.1, 0.15) is 0 Å². The lowest BCUT2D eigenvalue weighted by atomic mass is 10.1. The molecule has 0 radical (unpaired) electrons. The molecule has 2 aromatic carbocycles. The Morgan fingerprint density at radius 3 is 2.58 bits per heavy atom. The van der Waals surface area contributed by atoms with E-state index in [-0.39, 0.29) is 5.91 Å². The summed E-state index contributed by atoms with van der Waals surface area (Å²) < 4.78 is 0. The van der Waals surface area contributed by atoms with E-state index in [4.69, 9.17) is 0 Å². The predicted molar refractivity (Wildman–Crippen MR) is 79.0 cm³/mol. The third-order valence-corrected chi connectivity index (χ3v) is 3.16. The summed E-state index contributed by atoms with van der Waals surface area (Å²) in [5, 5.41) is 5.82. The average Bonchev–Trinajstić information content (AvgIpc) is 2.43. The lowest BCUT2D eigenvalue weighted by molar-refractivity contribution is -0.128. The minimum atomic E-state index is 0.158. The van der Waals surface area contributed by atoms with Crippen LogP contribution in [-0.4, -0.2) is 31.4 Å². The van der Waals surface area contributed by atoms with Crippen LogP contribution in [0.3, 0.4) is 0 Å². The molecule has 1 amide bonds. The summed E-state index contributed by atoms with van der Waals surface area (Å²) in [6, 6.07) is 14.8. The maximum absolute atomic E-state index is 11.4. The van der Waals surface area contributed by atoms with Gasteiger partial charge in [-0.25, -0.2) is 0 Å². The Balaban J connectivity index is 1.86. The molecule has 1 N–H and O–H groups in total. The predicted octanol–water partition coefficient (Wildman–Crippen LogP) is 2.41. The Hall–Kier alpha value is -1.87. The maximum Gasteiger partial charge on any atom is 0.223 e. The molecule has 0 spiro atoms. The van der Waals surface area contributed by atoms with E-state index < -0.39 is 0 Å². The zero-order valence-corrected chi connectivity index (χ0v) is 11.5. The fourth-order valence-electron chi connectivity index (χ4n) is 2.00. The molecular formula is C16H20N2O. The number of hydrogen-bond donors (Lipinski definition) is 1. The molecule has 0 bridgehead atoms. The number of nitrogens with zero attached hydrogens (tertiary/aromatic N) is 1. The highest BCUT2D eigenvalue weighted by Gasteiger charge is 2.02. The van der Waals surface area contributed by atoms with Gasteiger partial charge in [0.25, 0.3) is 0 Å². The second kappa shape index (κ2) is 6.34. The van der Waals surface area contributed by atoms with Crippen molar-refractivity contribution in [1.29, 1.82) is 0 Å². The molecule has 0 atom stereocenters. The van der Waals surface area contributed by atoms with Crippen LogP contribution in [0.25, 0.3) is 10.8 Å². The van der Waals surface area contributed by atoms with Gasteiger partial charge in [0.15, 0.2) is 0 Å². The number of fused-ring (bicyclic) bond motifs is 1. The van der Waals surface area contributed by atoms with E-state index in [1.54, 1.807) is 19.0 Å². The molecule has 0 aliphatic heterocycles. The smallest absolute Gasteiger partial charge is 0.223 e. The van der Waals surface area contributed by atoms with E-state index in [0.29, 0.717) is 13.0 Å².